The quantitative estimate of drug-likeness (QED) is 0.808. The molecule has 0 aliphatic heterocycles. The van der Waals surface area contributed by atoms with Crippen LogP contribution in [-0.2, 0) is 10.0 Å². The third-order valence-electron chi connectivity index (χ3n) is 2.79. The van der Waals surface area contributed by atoms with E-state index >= 15 is 0 Å². The van der Waals surface area contributed by atoms with Crippen LogP contribution in [0.15, 0.2) is 47.5 Å². The van der Waals surface area contributed by atoms with Gasteiger partial charge in [-0.1, -0.05) is 17.7 Å². The smallest absolute Gasteiger partial charge is 0.174 e. The molecule has 2 rings (SSSR count). The van der Waals surface area contributed by atoms with Gasteiger partial charge in [-0.15, -0.1) is 0 Å². The van der Waals surface area contributed by atoms with E-state index in [1.165, 1.54) is 4.68 Å². The predicted octanol–water partition coefficient (Wildman–Crippen LogP) is 2.43. The Morgan fingerprint density at radius 1 is 0.947 bits per heavy atom. The summed E-state index contributed by atoms with van der Waals surface area (Å²) in [4.78, 5) is 4.02. The van der Waals surface area contributed by atoms with Crippen molar-refractivity contribution in [3.8, 4) is 0 Å². The highest BCUT2D eigenvalue weighted by Gasteiger charge is 2.10. The number of benzene rings is 1. The number of hydrogen-bond donors (Lipinski definition) is 0. The first-order valence-electron chi connectivity index (χ1n) is 5.92. The normalized spacial score (nSPS) is 11.3. The molecule has 0 aliphatic rings. The van der Waals surface area contributed by atoms with Crippen LogP contribution in [-0.4, -0.2) is 8.42 Å². The Bertz CT molecular complexity index is 692. The maximum absolute atomic E-state index is 12.2. The summed E-state index contributed by atoms with van der Waals surface area (Å²) in [6.07, 6.45) is 1.65. The molecule has 0 fully saturated rings. The van der Waals surface area contributed by atoms with Crippen molar-refractivity contribution in [2.24, 2.45) is 0 Å². The van der Waals surface area contributed by atoms with Crippen LogP contribution in [0.25, 0.3) is 4.83 Å². The van der Waals surface area contributed by atoms with Gasteiger partial charge in [0.15, 0.2) is 21.9 Å². The molecule has 19 heavy (non-hydrogen) atoms. The summed E-state index contributed by atoms with van der Waals surface area (Å²) in [5.74, 6) is 0. The average molecular weight is 276 g/mol. The molecule has 0 N–H and O–H groups in total. The highest BCUT2D eigenvalue weighted by molar-refractivity contribution is 7.93. The lowest BCUT2D eigenvalue weighted by atomic mass is 10.2. The second-order valence-corrected chi connectivity index (χ2v) is 6.14. The second kappa shape index (κ2) is 5.01. The van der Waals surface area contributed by atoms with Gasteiger partial charge >= 0.3 is 0 Å². The number of sulfonamides is 1. The summed E-state index contributed by atoms with van der Waals surface area (Å²) in [5.41, 5.74) is 2.85. The molecule has 0 amide bonds. The fraction of sp³-hybridized carbons (Fsp3) is 0.214. The van der Waals surface area contributed by atoms with Crippen LogP contribution in [0.1, 0.15) is 16.8 Å². The number of aromatic nitrogens is 1. The van der Waals surface area contributed by atoms with Gasteiger partial charge in [0.25, 0.3) is 0 Å². The minimum Gasteiger partial charge on any atom is -0.318 e. The van der Waals surface area contributed by atoms with Gasteiger partial charge in [0.1, 0.15) is 0 Å². The number of rotatable bonds is 3. The van der Waals surface area contributed by atoms with Gasteiger partial charge in [0, 0.05) is 19.1 Å². The first kappa shape index (κ1) is 13.5. The lowest BCUT2D eigenvalue weighted by molar-refractivity contribution is -0.620. The number of nitrogens with zero attached hydrogens (tertiary/aromatic N) is 2. The monoisotopic (exact) mass is 276 g/mol. The summed E-state index contributed by atoms with van der Waals surface area (Å²) < 4.78 is 25.7. The van der Waals surface area contributed by atoms with Crippen molar-refractivity contribution in [2.75, 3.05) is 0 Å². The van der Waals surface area contributed by atoms with Gasteiger partial charge in [-0.25, -0.2) is 13.1 Å². The van der Waals surface area contributed by atoms with Crippen LogP contribution in [0.5, 0.6) is 0 Å². The van der Waals surface area contributed by atoms with Crippen molar-refractivity contribution < 1.29 is 13.1 Å². The summed E-state index contributed by atoms with van der Waals surface area (Å²) in [7, 11) is -3.68. The molecule has 0 saturated heterocycles. The Hall–Kier alpha value is -1.88. The molecule has 1 heterocycles. The third-order valence-corrected chi connectivity index (χ3v) is 4.05. The van der Waals surface area contributed by atoms with E-state index in [0.717, 1.165) is 16.8 Å². The number of aryl methyl sites for hydroxylation is 3. The zero-order valence-corrected chi connectivity index (χ0v) is 12.0. The molecule has 0 bridgehead atoms. The van der Waals surface area contributed by atoms with Crippen LogP contribution < -0.4 is 4.68 Å². The van der Waals surface area contributed by atoms with Crippen LogP contribution in [0, 0.1) is 20.8 Å². The van der Waals surface area contributed by atoms with Gasteiger partial charge in [-0.3, -0.25) is 0 Å². The van der Waals surface area contributed by atoms with E-state index in [9.17, 15) is 8.42 Å². The van der Waals surface area contributed by atoms with E-state index in [-0.39, 0.29) is 4.90 Å². The second-order valence-electron chi connectivity index (χ2n) is 4.56. The van der Waals surface area contributed by atoms with Crippen LogP contribution in [0.3, 0.4) is 0 Å². The largest absolute Gasteiger partial charge is 0.318 e. The van der Waals surface area contributed by atoms with Gasteiger partial charge in [-0.2, -0.15) is 0 Å². The molecule has 4 nitrogen and oxygen atoms in total. The minimum atomic E-state index is -3.68. The Morgan fingerprint density at radius 3 is 2.16 bits per heavy atom. The third kappa shape index (κ3) is 3.12. The fourth-order valence-corrected chi connectivity index (χ4v) is 2.70. The van der Waals surface area contributed by atoms with E-state index in [0.29, 0.717) is 0 Å². The van der Waals surface area contributed by atoms with Crippen LogP contribution >= 0.6 is 0 Å². The summed E-state index contributed by atoms with van der Waals surface area (Å²) in [6, 6.07) is 10.4. The first-order valence-corrected chi connectivity index (χ1v) is 7.36. The molecule has 1 aromatic heterocycles. The molecule has 0 radical (unpaired) electrons. The molecular weight excluding hydrogens is 260 g/mol. The SMILES string of the molecule is Cc1ccc(S(=O)(=O)[N-][n+]2ccc(C)cc2C)cc1. The standard InChI is InChI=1S/C14H16N2O2S/c1-11-4-6-14(7-5-11)19(17,18)15-16-9-8-12(2)10-13(16)3/h4-10H,1-3H3. The van der Waals surface area contributed by atoms with E-state index in [1.54, 1.807) is 30.5 Å². The van der Waals surface area contributed by atoms with Crippen molar-refractivity contribution in [1.82, 2.24) is 0 Å². The van der Waals surface area contributed by atoms with Crippen LogP contribution in [0.2, 0.25) is 0 Å². The minimum absolute atomic E-state index is 0.200. The number of pyridine rings is 1. The van der Waals surface area contributed by atoms with Crippen molar-refractivity contribution in [3.05, 3.63) is 64.2 Å². The molecule has 5 heteroatoms. The van der Waals surface area contributed by atoms with Crippen LogP contribution in [0.4, 0.5) is 0 Å². The molecule has 100 valence electrons. The molecule has 2 aromatic rings. The molecule has 0 unspecified atom stereocenters. The van der Waals surface area contributed by atoms with Crippen molar-refractivity contribution in [2.45, 2.75) is 25.7 Å². The van der Waals surface area contributed by atoms with Crippen molar-refractivity contribution in [3.63, 3.8) is 0 Å². The van der Waals surface area contributed by atoms with Crippen molar-refractivity contribution in [1.29, 1.82) is 0 Å². The van der Waals surface area contributed by atoms with Crippen molar-refractivity contribution >= 4 is 10.0 Å². The lowest BCUT2D eigenvalue weighted by Crippen LogP contribution is -2.35. The van der Waals surface area contributed by atoms with Gasteiger partial charge < -0.3 is 4.83 Å². The van der Waals surface area contributed by atoms with Gasteiger partial charge in [0.05, 0.1) is 4.90 Å². The van der Waals surface area contributed by atoms with E-state index in [4.69, 9.17) is 0 Å². The Morgan fingerprint density at radius 2 is 1.58 bits per heavy atom. The van der Waals surface area contributed by atoms with E-state index in [1.807, 2.05) is 32.9 Å². The highest BCUT2D eigenvalue weighted by Crippen LogP contribution is 2.15. The topological polar surface area (TPSA) is 52.1 Å². The van der Waals surface area contributed by atoms with Gasteiger partial charge in [0.2, 0.25) is 0 Å². The lowest BCUT2D eigenvalue weighted by Gasteiger charge is -2.16. The maximum Gasteiger partial charge on any atom is 0.174 e. The molecule has 0 atom stereocenters. The summed E-state index contributed by atoms with van der Waals surface area (Å²) in [5, 5.41) is 0. The zero-order valence-electron chi connectivity index (χ0n) is 11.2. The fourth-order valence-electron chi connectivity index (χ4n) is 1.71. The predicted molar refractivity (Wildman–Crippen MR) is 73.2 cm³/mol. The molecule has 0 aliphatic carbocycles. The Labute approximate surface area is 113 Å². The maximum atomic E-state index is 12.2. The Balaban J connectivity index is 2.33. The number of hydrogen-bond acceptors (Lipinski definition) is 2. The molecular formula is C14H16N2O2S. The zero-order chi connectivity index (χ0) is 14.0. The van der Waals surface area contributed by atoms with E-state index < -0.39 is 10.0 Å². The summed E-state index contributed by atoms with van der Waals surface area (Å²) in [6.45, 7) is 5.68. The van der Waals surface area contributed by atoms with E-state index in [2.05, 4.69) is 4.83 Å². The average Bonchev–Trinajstić information content (AvgIpc) is 2.33. The first-order chi connectivity index (χ1) is 8.88. The molecule has 0 spiro atoms. The summed E-state index contributed by atoms with van der Waals surface area (Å²) >= 11 is 0. The molecule has 1 aromatic carbocycles. The molecule has 0 saturated carbocycles. The Kier molecular flexibility index (Phi) is 3.57. The van der Waals surface area contributed by atoms with Gasteiger partial charge in [-0.05, 0) is 31.5 Å². The highest BCUT2D eigenvalue weighted by atomic mass is 32.2.